The zero-order valence-corrected chi connectivity index (χ0v) is 11.3. The quantitative estimate of drug-likeness (QED) is 0.748. The molecule has 6 nitrogen and oxygen atoms in total. The maximum Gasteiger partial charge on any atom is 0.326 e. The molecule has 0 spiro atoms. The lowest BCUT2D eigenvalue weighted by Crippen LogP contribution is -2.63. The molecule has 0 bridgehead atoms. The van der Waals surface area contributed by atoms with Gasteiger partial charge in [0.1, 0.15) is 6.04 Å². The van der Waals surface area contributed by atoms with Crippen LogP contribution in [0.25, 0.3) is 0 Å². The van der Waals surface area contributed by atoms with E-state index in [1.165, 1.54) is 4.90 Å². The number of nitrogens with zero attached hydrogens (tertiary/aromatic N) is 1. The van der Waals surface area contributed by atoms with Gasteiger partial charge in [-0.3, -0.25) is 4.79 Å². The molecule has 2 atom stereocenters. The minimum Gasteiger partial charge on any atom is -0.480 e. The van der Waals surface area contributed by atoms with Crippen LogP contribution in [0.2, 0.25) is 0 Å². The van der Waals surface area contributed by atoms with Gasteiger partial charge in [0.05, 0.1) is 5.54 Å². The van der Waals surface area contributed by atoms with Gasteiger partial charge in [0.15, 0.2) is 0 Å². The molecule has 2 rings (SSSR count). The third-order valence-corrected chi connectivity index (χ3v) is 4.26. The Kier molecular flexibility index (Phi) is 4.10. The molecule has 2 aliphatic heterocycles. The Labute approximate surface area is 112 Å². The Morgan fingerprint density at radius 3 is 2.58 bits per heavy atom. The van der Waals surface area contributed by atoms with E-state index in [2.05, 4.69) is 0 Å². The second-order valence-electron chi connectivity index (χ2n) is 5.67. The topological polar surface area (TPSA) is 92.9 Å². The van der Waals surface area contributed by atoms with Crippen molar-refractivity contribution in [1.29, 1.82) is 0 Å². The van der Waals surface area contributed by atoms with E-state index in [1.807, 2.05) is 6.92 Å². The van der Waals surface area contributed by atoms with Crippen molar-refractivity contribution in [2.75, 3.05) is 19.8 Å². The molecule has 0 aromatic heterocycles. The van der Waals surface area contributed by atoms with Gasteiger partial charge in [-0.1, -0.05) is 6.92 Å². The van der Waals surface area contributed by atoms with Gasteiger partial charge in [-0.25, -0.2) is 4.79 Å². The highest BCUT2D eigenvalue weighted by molar-refractivity contribution is 5.90. The van der Waals surface area contributed by atoms with Crippen LogP contribution in [0.15, 0.2) is 0 Å². The van der Waals surface area contributed by atoms with Gasteiger partial charge in [0, 0.05) is 19.8 Å². The molecule has 2 heterocycles. The number of piperidine rings is 1. The Morgan fingerprint density at radius 1 is 1.37 bits per heavy atom. The lowest BCUT2D eigenvalue weighted by molar-refractivity contribution is -0.158. The van der Waals surface area contributed by atoms with E-state index in [1.54, 1.807) is 0 Å². The van der Waals surface area contributed by atoms with Gasteiger partial charge in [-0.05, 0) is 31.6 Å². The Balaban J connectivity index is 2.17. The van der Waals surface area contributed by atoms with Gasteiger partial charge in [0.2, 0.25) is 5.91 Å². The normalized spacial score (nSPS) is 30.9. The van der Waals surface area contributed by atoms with Crippen LogP contribution in [-0.4, -0.2) is 53.2 Å². The average molecular weight is 270 g/mol. The van der Waals surface area contributed by atoms with E-state index < -0.39 is 17.6 Å². The van der Waals surface area contributed by atoms with Crippen molar-refractivity contribution < 1.29 is 19.4 Å². The van der Waals surface area contributed by atoms with Crippen LogP contribution < -0.4 is 5.73 Å². The SMILES string of the molecule is CC1CCCN(C(=O)C2(N)CCOCC2)C1C(=O)O. The van der Waals surface area contributed by atoms with Crippen LogP contribution in [0.1, 0.15) is 32.6 Å². The number of nitrogens with two attached hydrogens (primary N) is 1. The molecule has 2 aliphatic rings. The van der Waals surface area contributed by atoms with Gasteiger partial charge in [-0.2, -0.15) is 0 Å². The van der Waals surface area contributed by atoms with E-state index in [9.17, 15) is 14.7 Å². The summed E-state index contributed by atoms with van der Waals surface area (Å²) in [6, 6.07) is -0.746. The van der Waals surface area contributed by atoms with Crippen LogP contribution in [0, 0.1) is 5.92 Å². The molecule has 0 radical (unpaired) electrons. The number of aliphatic carboxylic acids is 1. The number of likely N-dealkylation sites (tertiary alicyclic amines) is 1. The van der Waals surface area contributed by atoms with E-state index in [0.717, 1.165) is 12.8 Å². The van der Waals surface area contributed by atoms with Crippen molar-refractivity contribution in [2.24, 2.45) is 11.7 Å². The molecule has 0 aromatic carbocycles. The molecule has 2 fully saturated rings. The third kappa shape index (κ3) is 2.74. The molecule has 2 saturated heterocycles. The zero-order chi connectivity index (χ0) is 14.0. The summed E-state index contributed by atoms with van der Waals surface area (Å²) in [5.74, 6) is -1.19. The molecule has 6 heteroatoms. The molecule has 0 saturated carbocycles. The largest absolute Gasteiger partial charge is 0.480 e. The summed E-state index contributed by atoms with van der Waals surface area (Å²) in [7, 11) is 0. The predicted octanol–water partition coefficient (Wildman–Crippen LogP) is 0.206. The average Bonchev–Trinajstić information content (AvgIpc) is 2.38. The number of hydrogen-bond donors (Lipinski definition) is 2. The Morgan fingerprint density at radius 2 is 2.00 bits per heavy atom. The molecule has 0 aromatic rings. The maximum absolute atomic E-state index is 12.6. The summed E-state index contributed by atoms with van der Waals surface area (Å²) in [5, 5.41) is 9.35. The molecular weight excluding hydrogens is 248 g/mol. The Bertz CT molecular complexity index is 366. The van der Waals surface area contributed by atoms with Crippen LogP contribution in [0.3, 0.4) is 0 Å². The first-order valence-corrected chi connectivity index (χ1v) is 6.86. The monoisotopic (exact) mass is 270 g/mol. The summed E-state index contributed by atoms with van der Waals surface area (Å²) in [6.45, 7) is 3.29. The number of rotatable bonds is 2. The summed E-state index contributed by atoms with van der Waals surface area (Å²) in [5.41, 5.74) is 5.22. The van der Waals surface area contributed by atoms with Gasteiger partial charge in [-0.15, -0.1) is 0 Å². The van der Waals surface area contributed by atoms with E-state index >= 15 is 0 Å². The Hall–Kier alpha value is -1.14. The molecule has 2 unspecified atom stereocenters. The fourth-order valence-electron chi connectivity index (χ4n) is 3.03. The number of carbonyl (C=O) groups excluding carboxylic acids is 1. The van der Waals surface area contributed by atoms with Crippen molar-refractivity contribution in [2.45, 2.75) is 44.2 Å². The lowest BCUT2D eigenvalue weighted by Gasteiger charge is -2.43. The minimum atomic E-state index is -0.955. The summed E-state index contributed by atoms with van der Waals surface area (Å²) >= 11 is 0. The molecule has 3 N–H and O–H groups in total. The third-order valence-electron chi connectivity index (χ3n) is 4.26. The first-order chi connectivity index (χ1) is 8.96. The highest BCUT2D eigenvalue weighted by Gasteiger charge is 2.45. The van der Waals surface area contributed by atoms with Crippen molar-refractivity contribution >= 4 is 11.9 Å². The highest BCUT2D eigenvalue weighted by Crippen LogP contribution is 2.28. The van der Waals surface area contributed by atoms with E-state index in [-0.39, 0.29) is 11.8 Å². The summed E-state index contributed by atoms with van der Waals surface area (Å²) < 4.78 is 5.23. The van der Waals surface area contributed by atoms with Crippen LogP contribution in [-0.2, 0) is 14.3 Å². The zero-order valence-electron chi connectivity index (χ0n) is 11.3. The van der Waals surface area contributed by atoms with Gasteiger partial charge >= 0.3 is 5.97 Å². The second kappa shape index (κ2) is 5.46. The van der Waals surface area contributed by atoms with Crippen LogP contribution in [0.5, 0.6) is 0 Å². The smallest absolute Gasteiger partial charge is 0.326 e. The molecule has 1 amide bonds. The van der Waals surface area contributed by atoms with E-state index in [4.69, 9.17) is 10.5 Å². The number of carboxylic acid groups (broad SMARTS) is 1. The number of ether oxygens (including phenoxy) is 1. The molecule has 0 aliphatic carbocycles. The van der Waals surface area contributed by atoms with Crippen molar-refractivity contribution in [3.05, 3.63) is 0 Å². The van der Waals surface area contributed by atoms with Crippen molar-refractivity contribution in [3.8, 4) is 0 Å². The number of carboxylic acids is 1. The second-order valence-corrected chi connectivity index (χ2v) is 5.67. The summed E-state index contributed by atoms with van der Waals surface area (Å²) in [4.78, 5) is 25.5. The maximum atomic E-state index is 12.6. The number of amides is 1. The molecular formula is C13H22N2O4. The van der Waals surface area contributed by atoms with Crippen LogP contribution >= 0.6 is 0 Å². The molecule has 108 valence electrons. The fraction of sp³-hybridized carbons (Fsp3) is 0.846. The minimum absolute atomic E-state index is 0.0290. The summed E-state index contributed by atoms with van der Waals surface area (Å²) in [6.07, 6.45) is 2.59. The fourth-order valence-corrected chi connectivity index (χ4v) is 3.03. The van der Waals surface area contributed by atoms with E-state index in [0.29, 0.717) is 32.6 Å². The first-order valence-electron chi connectivity index (χ1n) is 6.86. The molecule has 19 heavy (non-hydrogen) atoms. The highest BCUT2D eigenvalue weighted by atomic mass is 16.5. The van der Waals surface area contributed by atoms with Crippen molar-refractivity contribution in [1.82, 2.24) is 4.90 Å². The van der Waals surface area contributed by atoms with Gasteiger partial charge in [0.25, 0.3) is 0 Å². The standard InChI is InChI=1S/C13H22N2O4/c1-9-3-2-6-15(10(9)11(16)17)12(18)13(14)4-7-19-8-5-13/h9-10H,2-8,14H2,1H3,(H,16,17). The van der Waals surface area contributed by atoms with Gasteiger partial charge < -0.3 is 20.5 Å². The van der Waals surface area contributed by atoms with Crippen molar-refractivity contribution in [3.63, 3.8) is 0 Å². The lowest BCUT2D eigenvalue weighted by atomic mass is 9.85. The predicted molar refractivity (Wildman–Crippen MR) is 68.5 cm³/mol. The number of hydrogen-bond acceptors (Lipinski definition) is 4. The van der Waals surface area contributed by atoms with Crippen LogP contribution in [0.4, 0.5) is 0 Å². The first kappa shape index (κ1) is 14.3. The number of carbonyl (C=O) groups is 2.